The van der Waals surface area contributed by atoms with Gasteiger partial charge in [0, 0.05) is 30.4 Å². The highest BCUT2D eigenvalue weighted by molar-refractivity contribution is 6.29. The maximum absolute atomic E-state index is 5.94. The van der Waals surface area contributed by atoms with Crippen LogP contribution in [0.15, 0.2) is 55.4 Å². The lowest BCUT2D eigenvalue weighted by Crippen LogP contribution is -1.96. The number of fused-ring (bicyclic) bond motifs is 1. The minimum atomic E-state index is 0.392. The summed E-state index contributed by atoms with van der Waals surface area (Å²) in [6, 6.07) is 5.44. The fourth-order valence-corrected chi connectivity index (χ4v) is 2.32. The van der Waals surface area contributed by atoms with E-state index in [1.807, 2.05) is 22.7 Å². The van der Waals surface area contributed by atoms with Crippen molar-refractivity contribution >= 4 is 17.2 Å². The molecule has 4 aromatic heterocycles. The van der Waals surface area contributed by atoms with Crippen LogP contribution >= 0.6 is 11.6 Å². The third-order valence-electron chi connectivity index (χ3n) is 3.22. The number of aromatic nitrogens is 6. The first-order valence-electron chi connectivity index (χ1n) is 6.54. The SMILES string of the molecule is Clc1ccnc(-c2cnc3cnc(-c4ccncc4)cn23)n1. The van der Waals surface area contributed by atoms with Crippen LogP contribution in [0.1, 0.15) is 0 Å². The molecule has 0 aliphatic heterocycles. The predicted molar refractivity (Wildman–Crippen MR) is 82.3 cm³/mol. The lowest BCUT2D eigenvalue weighted by Gasteiger charge is -2.04. The maximum Gasteiger partial charge on any atom is 0.179 e. The van der Waals surface area contributed by atoms with E-state index < -0.39 is 0 Å². The Bertz CT molecular complexity index is 951. The summed E-state index contributed by atoms with van der Waals surface area (Å²) in [5, 5.41) is 0.392. The molecular weight excluding hydrogens is 300 g/mol. The number of pyridine rings is 1. The van der Waals surface area contributed by atoms with Gasteiger partial charge < -0.3 is 0 Å². The molecule has 0 aromatic carbocycles. The van der Waals surface area contributed by atoms with Crippen LogP contribution in [-0.4, -0.2) is 29.3 Å². The van der Waals surface area contributed by atoms with Gasteiger partial charge in [-0.2, -0.15) is 0 Å². The van der Waals surface area contributed by atoms with E-state index in [9.17, 15) is 0 Å². The van der Waals surface area contributed by atoms with Crippen LogP contribution in [0.25, 0.3) is 28.4 Å². The van der Waals surface area contributed by atoms with Crippen molar-refractivity contribution in [1.82, 2.24) is 29.3 Å². The van der Waals surface area contributed by atoms with Crippen molar-refractivity contribution in [2.45, 2.75) is 0 Å². The van der Waals surface area contributed by atoms with Gasteiger partial charge in [0.05, 0.1) is 18.1 Å². The molecule has 22 heavy (non-hydrogen) atoms. The summed E-state index contributed by atoms with van der Waals surface area (Å²) >= 11 is 5.94. The molecule has 7 heteroatoms. The second-order valence-corrected chi connectivity index (χ2v) is 4.97. The van der Waals surface area contributed by atoms with Crippen molar-refractivity contribution in [1.29, 1.82) is 0 Å². The van der Waals surface area contributed by atoms with E-state index in [4.69, 9.17) is 11.6 Å². The fraction of sp³-hybridized carbons (Fsp3) is 0. The molecule has 4 heterocycles. The molecule has 6 nitrogen and oxygen atoms in total. The van der Waals surface area contributed by atoms with Crippen LogP contribution in [0.4, 0.5) is 0 Å². The number of nitrogens with zero attached hydrogens (tertiary/aromatic N) is 6. The highest BCUT2D eigenvalue weighted by Crippen LogP contribution is 2.21. The molecule has 4 aromatic rings. The third-order valence-corrected chi connectivity index (χ3v) is 3.43. The van der Waals surface area contributed by atoms with Gasteiger partial charge in [0.15, 0.2) is 11.5 Å². The van der Waals surface area contributed by atoms with E-state index in [2.05, 4.69) is 24.9 Å². The van der Waals surface area contributed by atoms with Crippen LogP contribution in [-0.2, 0) is 0 Å². The minimum absolute atomic E-state index is 0.392. The Morgan fingerprint density at radius 3 is 2.59 bits per heavy atom. The quantitative estimate of drug-likeness (QED) is 0.533. The number of imidazole rings is 1. The molecular formula is C15H9ClN6. The van der Waals surface area contributed by atoms with Crippen LogP contribution in [0.3, 0.4) is 0 Å². The summed E-state index contributed by atoms with van der Waals surface area (Å²) < 4.78 is 1.90. The van der Waals surface area contributed by atoms with Gasteiger partial charge in [-0.15, -0.1) is 0 Å². The van der Waals surface area contributed by atoms with Crippen LogP contribution in [0.5, 0.6) is 0 Å². The van der Waals surface area contributed by atoms with E-state index in [-0.39, 0.29) is 0 Å². The standard InChI is InChI=1S/C15H9ClN6/c16-13-3-6-18-15(21-13)12-7-20-14-8-19-11(9-22(12)14)10-1-4-17-5-2-10/h1-9H. The normalized spacial score (nSPS) is 11.0. The summed E-state index contributed by atoms with van der Waals surface area (Å²) in [5.74, 6) is 0.520. The Morgan fingerprint density at radius 1 is 0.909 bits per heavy atom. The van der Waals surface area contributed by atoms with Gasteiger partial charge in [0.1, 0.15) is 10.8 Å². The zero-order chi connectivity index (χ0) is 14.9. The first kappa shape index (κ1) is 12.8. The van der Waals surface area contributed by atoms with Crippen molar-refractivity contribution in [2.75, 3.05) is 0 Å². The number of hydrogen-bond donors (Lipinski definition) is 0. The smallest absolute Gasteiger partial charge is 0.179 e. The number of halogens is 1. The van der Waals surface area contributed by atoms with E-state index >= 15 is 0 Å². The Kier molecular flexibility index (Phi) is 3.01. The van der Waals surface area contributed by atoms with E-state index in [1.165, 1.54) is 0 Å². The minimum Gasteiger partial charge on any atom is -0.293 e. The monoisotopic (exact) mass is 308 g/mol. The average molecular weight is 309 g/mol. The molecule has 0 atom stereocenters. The number of hydrogen-bond acceptors (Lipinski definition) is 5. The Morgan fingerprint density at radius 2 is 1.77 bits per heavy atom. The van der Waals surface area contributed by atoms with Gasteiger partial charge in [0.25, 0.3) is 0 Å². The van der Waals surface area contributed by atoms with Crippen molar-refractivity contribution in [3.05, 3.63) is 60.5 Å². The maximum atomic E-state index is 5.94. The van der Waals surface area contributed by atoms with Crippen LogP contribution < -0.4 is 0 Å². The summed E-state index contributed by atoms with van der Waals surface area (Å²) in [6.07, 6.45) is 10.4. The largest absolute Gasteiger partial charge is 0.293 e. The predicted octanol–water partition coefficient (Wildman–Crippen LogP) is 2.90. The van der Waals surface area contributed by atoms with Crippen LogP contribution in [0.2, 0.25) is 5.15 Å². The van der Waals surface area contributed by atoms with Crippen molar-refractivity contribution < 1.29 is 0 Å². The molecule has 0 saturated heterocycles. The lowest BCUT2D eigenvalue weighted by molar-refractivity contribution is 1.09. The van der Waals surface area contributed by atoms with Crippen LogP contribution in [0, 0.1) is 0 Å². The first-order chi connectivity index (χ1) is 10.8. The van der Waals surface area contributed by atoms with Gasteiger partial charge in [-0.05, 0) is 18.2 Å². The molecule has 4 rings (SSSR count). The topological polar surface area (TPSA) is 68.9 Å². The third kappa shape index (κ3) is 2.19. The molecule has 0 radical (unpaired) electrons. The second-order valence-electron chi connectivity index (χ2n) is 4.58. The lowest BCUT2D eigenvalue weighted by atomic mass is 10.2. The van der Waals surface area contributed by atoms with Gasteiger partial charge in [-0.25, -0.2) is 15.0 Å². The van der Waals surface area contributed by atoms with Gasteiger partial charge in [0.2, 0.25) is 0 Å². The highest BCUT2D eigenvalue weighted by atomic mass is 35.5. The zero-order valence-electron chi connectivity index (χ0n) is 11.3. The van der Waals surface area contributed by atoms with E-state index in [1.54, 1.807) is 37.1 Å². The van der Waals surface area contributed by atoms with Gasteiger partial charge in [-0.1, -0.05) is 11.6 Å². The van der Waals surface area contributed by atoms with Crippen molar-refractivity contribution in [3.63, 3.8) is 0 Å². The molecule has 0 saturated carbocycles. The molecule has 0 N–H and O–H groups in total. The summed E-state index contributed by atoms with van der Waals surface area (Å²) in [5.41, 5.74) is 3.27. The molecule has 0 amide bonds. The molecule has 0 aliphatic rings. The van der Waals surface area contributed by atoms with Gasteiger partial charge >= 0.3 is 0 Å². The van der Waals surface area contributed by atoms with E-state index in [0.717, 1.165) is 22.6 Å². The van der Waals surface area contributed by atoms with Crippen molar-refractivity contribution in [2.24, 2.45) is 0 Å². The molecule has 0 bridgehead atoms. The average Bonchev–Trinajstić information content (AvgIpc) is 2.99. The summed E-state index contributed by atoms with van der Waals surface area (Å²) in [6.45, 7) is 0. The fourth-order valence-electron chi connectivity index (χ4n) is 2.19. The van der Waals surface area contributed by atoms with Gasteiger partial charge in [-0.3, -0.25) is 14.4 Å². The van der Waals surface area contributed by atoms with Crippen molar-refractivity contribution in [3.8, 4) is 22.8 Å². The number of rotatable bonds is 2. The summed E-state index contributed by atoms with van der Waals surface area (Å²) in [4.78, 5) is 21.2. The zero-order valence-corrected chi connectivity index (χ0v) is 12.0. The Hall–Kier alpha value is -2.86. The Balaban J connectivity index is 1.91. The Labute approximate surface area is 130 Å². The highest BCUT2D eigenvalue weighted by Gasteiger charge is 2.10. The van der Waals surface area contributed by atoms with E-state index in [0.29, 0.717) is 11.0 Å². The molecule has 0 spiro atoms. The summed E-state index contributed by atoms with van der Waals surface area (Å²) in [7, 11) is 0. The molecule has 0 fully saturated rings. The second kappa shape index (κ2) is 5.16. The molecule has 0 aliphatic carbocycles. The molecule has 106 valence electrons. The molecule has 0 unspecified atom stereocenters. The first-order valence-corrected chi connectivity index (χ1v) is 6.91.